The fraction of sp³-hybridized carbons (Fsp3) is 0.480. The average Bonchev–Trinajstić information content (AvgIpc) is 3.51. The van der Waals surface area contributed by atoms with Gasteiger partial charge in [0.05, 0.1) is 11.5 Å². The van der Waals surface area contributed by atoms with Gasteiger partial charge in [-0.1, -0.05) is 38.1 Å². The van der Waals surface area contributed by atoms with E-state index in [-0.39, 0.29) is 19.4 Å². The van der Waals surface area contributed by atoms with Crippen LogP contribution >= 0.6 is 0 Å². The molecule has 0 aliphatic heterocycles. The second-order valence-electron chi connectivity index (χ2n) is 9.55. The highest BCUT2D eigenvalue weighted by Crippen LogP contribution is 2.46. The minimum Gasteiger partial charge on any atom is -0.391 e. The van der Waals surface area contributed by atoms with Crippen molar-refractivity contribution < 1.29 is 27.5 Å². The van der Waals surface area contributed by atoms with Gasteiger partial charge in [0.15, 0.2) is 0 Å². The van der Waals surface area contributed by atoms with Gasteiger partial charge in [-0.3, -0.25) is 4.79 Å². The summed E-state index contributed by atoms with van der Waals surface area (Å²) in [7, 11) is 0. The van der Waals surface area contributed by atoms with E-state index in [9.17, 15) is 27.5 Å². The first-order chi connectivity index (χ1) is 15.4. The molecule has 0 heterocycles. The Bertz CT molecular complexity index is 972. The predicted molar refractivity (Wildman–Crippen MR) is 118 cm³/mol. The monoisotopic (exact) mass is 466 g/mol. The number of hydrogen-bond acceptors (Lipinski definition) is 3. The molecule has 4 N–H and O–H groups in total. The highest BCUT2D eigenvalue weighted by Gasteiger charge is 2.45. The van der Waals surface area contributed by atoms with Crippen LogP contribution in [0.15, 0.2) is 42.5 Å². The Kier molecular flexibility index (Phi) is 7.49. The number of rotatable bonds is 11. The molecular formula is C25H30F4N2O2. The van der Waals surface area contributed by atoms with Crippen LogP contribution in [0, 0.1) is 17.6 Å². The van der Waals surface area contributed by atoms with Gasteiger partial charge in [0.2, 0.25) is 12.3 Å². The van der Waals surface area contributed by atoms with Crippen molar-refractivity contribution in [1.82, 2.24) is 5.32 Å². The number of nitrogens with two attached hydrogens (primary N) is 1. The summed E-state index contributed by atoms with van der Waals surface area (Å²) in [6.07, 6.45) is -2.05. The predicted octanol–water partition coefficient (Wildman–Crippen LogP) is 4.18. The topological polar surface area (TPSA) is 75.3 Å². The summed E-state index contributed by atoms with van der Waals surface area (Å²) in [5.74, 6) is -2.74. The zero-order chi connectivity index (χ0) is 24.4. The minimum atomic E-state index is -2.51. The molecule has 33 heavy (non-hydrogen) atoms. The number of nitrogens with one attached hydrogen (secondary N) is 1. The second kappa shape index (κ2) is 9.81. The lowest BCUT2D eigenvalue weighted by atomic mass is 9.83. The summed E-state index contributed by atoms with van der Waals surface area (Å²) < 4.78 is 54.1. The Labute approximate surface area is 191 Å². The molecule has 0 saturated heterocycles. The maximum atomic E-state index is 13.6. The number of carbonyl (C=O) groups is 1. The zero-order valence-corrected chi connectivity index (χ0v) is 18.8. The van der Waals surface area contributed by atoms with Crippen molar-refractivity contribution in [2.75, 3.05) is 6.54 Å². The zero-order valence-electron chi connectivity index (χ0n) is 18.8. The van der Waals surface area contributed by atoms with Crippen molar-refractivity contribution in [1.29, 1.82) is 0 Å². The van der Waals surface area contributed by atoms with Gasteiger partial charge in [-0.25, -0.2) is 17.6 Å². The number of hydrogen-bond donors (Lipinski definition) is 3. The first kappa shape index (κ1) is 25.2. The van der Waals surface area contributed by atoms with E-state index in [4.69, 9.17) is 5.73 Å². The molecule has 4 nitrogen and oxygen atoms in total. The van der Waals surface area contributed by atoms with Crippen LogP contribution in [-0.2, 0) is 22.2 Å². The molecule has 1 amide bonds. The molecule has 8 heteroatoms. The summed E-state index contributed by atoms with van der Waals surface area (Å²) >= 11 is 0. The molecule has 2 aromatic carbocycles. The number of benzene rings is 2. The van der Waals surface area contributed by atoms with E-state index in [0.717, 1.165) is 36.6 Å². The number of carbonyl (C=O) groups excluding carboxylic acids is 1. The van der Waals surface area contributed by atoms with Crippen LogP contribution in [-0.4, -0.2) is 30.1 Å². The fourth-order valence-corrected chi connectivity index (χ4v) is 4.14. The number of primary amides is 1. The van der Waals surface area contributed by atoms with Gasteiger partial charge in [-0.05, 0) is 54.0 Å². The van der Waals surface area contributed by atoms with Crippen molar-refractivity contribution in [2.24, 2.45) is 11.7 Å². The van der Waals surface area contributed by atoms with Gasteiger partial charge in [0, 0.05) is 24.6 Å². The van der Waals surface area contributed by atoms with E-state index < -0.39 is 46.9 Å². The van der Waals surface area contributed by atoms with Crippen molar-refractivity contribution in [2.45, 2.75) is 63.0 Å². The SMILES string of the molecule is CC(C)(c1cccc(C2(NCC(O)C(CC(N)=O)Cc3cc(F)cc(F)c3)CC2)c1)C(F)F. The maximum Gasteiger partial charge on any atom is 0.247 e. The van der Waals surface area contributed by atoms with Gasteiger partial charge in [0.25, 0.3) is 0 Å². The van der Waals surface area contributed by atoms with Gasteiger partial charge in [0.1, 0.15) is 11.6 Å². The minimum absolute atomic E-state index is 0.0749. The van der Waals surface area contributed by atoms with E-state index in [1.54, 1.807) is 18.2 Å². The molecule has 2 unspecified atom stereocenters. The van der Waals surface area contributed by atoms with E-state index in [2.05, 4.69) is 5.32 Å². The van der Waals surface area contributed by atoms with E-state index in [1.807, 2.05) is 6.07 Å². The summed E-state index contributed by atoms with van der Waals surface area (Å²) in [5, 5.41) is 14.1. The Morgan fingerprint density at radius 3 is 2.33 bits per heavy atom. The summed E-state index contributed by atoms with van der Waals surface area (Å²) in [6.45, 7) is 3.10. The molecule has 1 saturated carbocycles. The van der Waals surface area contributed by atoms with Crippen LogP contribution in [0.1, 0.15) is 49.8 Å². The lowest BCUT2D eigenvalue weighted by molar-refractivity contribution is -0.119. The Balaban J connectivity index is 1.72. The maximum absolute atomic E-state index is 13.6. The quantitative estimate of drug-likeness (QED) is 0.435. The molecule has 1 aliphatic rings. The number of aliphatic hydroxyl groups is 1. The highest BCUT2D eigenvalue weighted by molar-refractivity contribution is 5.74. The molecule has 0 spiro atoms. The van der Waals surface area contributed by atoms with Crippen molar-refractivity contribution in [3.8, 4) is 0 Å². The lowest BCUT2D eigenvalue weighted by Crippen LogP contribution is -2.41. The van der Waals surface area contributed by atoms with Crippen LogP contribution < -0.4 is 11.1 Å². The molecule has 3 rings (SSSR count). The molecule has 2 aromatic rings. The number of amides is 1. The molecule has 0 bridgehead atoms. The summed E-state index contributed by atoms with van der Waals surface area (Å²) in [5.41, 5.74) is 5.30. The van der Waals surface area contributed by atoms with Crippen molar-refractivity contribution in [3.05, 3.63) is 70.8 Å². The van der Waals surface area contributed by atoms with Crippen LogP contribution in [0.2, 0.25) is 0 Å². The third kappa shape index (κ3) is 6.12. The standard InChI is InChI=1S/C25H30F4N2O2/c1-24(2,23(28)29)17-4-3-5-18(12-17)25(6-7-25)31-14-21(32)16(11-22(30)33)8-15-9-19(26)13-20(27)10-15/h3-5,9-10,12-13,16,21,23,31-32H,6-8,11,14H2,1-2H3,(H2,30,33). The molecular weight excluding hydrogens is 436 g/mol. The van der Waals surface area contributed by atoms with Gasteiger partial charge in [-0.2, -0.15) is 0 Å². The largest absolute Gasteiger partial charge is 0.391 e. The molecule has 180 valence electrons. The summed E-state index contributed by atoms with van der Waals surface area (Å²) in [6, 6.07) is 10.2. The van der Waals surface area contributed by atoms with Gasteiger partial charge in [-0.15, -0.1) is 0 Å². The second-order valence-corrected chi connectivity index (χ2v) is 9.55. The van der Waals surface area contributed by atoms with Crippen LogP contribution in [0.5, 0.6) is 0 Å². The molecule has 0 aromatic heterocycles. The van der Waals surface area contributed by atoms with E-state index >= 15 is 0 Å². The van der Waals surface area contributed by atoms with Crippen molar-refractivity contribution in [3.63, 3.8) is 0 Å². The fourth-order valence-electron chi connectivity index (χ4n) is 4.14. The number of alkyl halides is 2. The first-order valence-corrected chi connectivity index (χ1v) is 11.0. The van der Waals surface area contributed by atoms with Crippen LogP contribution in [0.3, 0.4) is 0 Å². The Morgan fingerprint density at radius 2 is 1.79 bits per heavy atom. The van der Waals surface area contributed by atoms with Gasteiger partial charge < -0.3 is 16.2 Å². The first-order valence-electron chi connectivity index (χ1n) is 11.0. The Hall–Kier alpha value is -2.45. The van der Waals surface area contributed by atoms with Crippen LogP contribution in [0.25, 0.3) is 0 Å². The molecule has 1 aliphatic carbocycles. The summed E-state index contributed by atoms with van der Waals surface area (Å²) in [4.78, 5) is 11.5. The van der Waals surface area contributed by atoms with Crippen LogP contribution in [0.4, 0.5) is 17.6 Å². The highest BCUT2D eigenvalue weighted by atomic mass is 19.3. The lowest BCUT2D eigenvalue weighted by Gasteiger charge is -2.28. The molecule has 1 fully saturated rings. The third-order valence-electron chi connectivity index (χ3n) is 6.53. The Morgan fingerprint density at radius 1 is 1.15 bits per heavy atom. The van der Waals surface area contributed by atoms with E-state index in [0.29, 0.717) is 11.1 Å². The smallest absolute Gasteiger partial charge is 0.247 e. The molecule has 2 atom stereocenters. The number of halogens is 4. The average molecular weight is 467 g/mol. The van der Waals surface area contributed by atoms with Crippen molar-refractivity contribution >= 4 is 5.91 Å². The molecule has 0 radical (unpaired) electrons. The number of aliphatic hydroxyl groups excluding tert-OH is 1. The van der Waals surface area contributed by atoms with E-state index in [1.165, 1.54) is 13.8 Å². The third-order valence-corrected chi connectivity index (χ3v) is 6.53. The normalized spacial score (nSPS) is 17.1. The van der Waals surface area contributed by atoms with Gasteiger partial charge >= 0.3 is 0 Å².